The maximum atomic E-state index is 13.9. The summed E-state index contributed by atoms with van der Waals surface area (Å²) in [6.45, 7) is 1.06. The minimum Gasteiger partial charge on any atom is -0.338 e. The van der Waals surface area contributed by atoms with Crippen molar-refractivity contribution in [2.45, 2.75) is 32.1 Å². The first-order valence-corrected chi connectivity index (χ1v) is 7.93. The lowest BCUT2D eigenvalue weighted by molar-refractivity contribution is -0.125. The molecular formula is C16H15F4N3O2. The van der Waals surface area contributed by atoms with Crippen LogP contribution in [-0.2, 0) is 9.59 Å². The fourth-order valence-corrected chi connectivity index (χ4v) is 2.91. The first kappa shape index (κ1) is 17.4. The van der Waals surface area contributed by atoms with E-state index in [2.05, 4.69) is 5.10 Å². The van der Waals surface area contributed by atoms with Gasteiger partial charge in [-0.05, 0) is 19.3 Å². The highest BCUT2D eigenvalue weighted by atomic mass is 19.2. The number of amides is 2. The van der Waals surface area contributed by atoms with Gasteiger partial charge in [-0.15, -0.1) is 0 Å². The van der Waals surface area contributed by atoms with Crippen LogP contribution in [0.5, 0.6) is 0 Å². The van der Waals surface area contributed by atoms with Crippen LogP contribution in [-0.4, -0.2) is 35.5 Å². The van der Waals surface area contributed by atoms with E-state index in [1.54, 1.807) is 4.90 Å². The lowest BCUT2D eigenvalue weighted by atomic mass is 10.1. The number of benzene rings is 1. The third-order valence-electron chi connectivity index (χ3n) is 4.22. The van der Waals surface area contributed by atoms with Gasteiger partial charge in [0.05, 0.1) is 0 Å². The van der Waals surface area contributed by atoms with Gasteiger partial charge in [0.15, 0.2) is 23.3 Å². The van der Waals surface area contributed by atoms with Crippen LogP contribution in [0.25, 0.3) is 0 Å². The van der Waals surface area contributed by atoms with Gasteiger partial charge in [-0.2, -0.15) is 10.1 Å². The van der Waals surface area contributed by atoms with E-state index in [4.69, 9.17) is 0 Å². The van der Waals surface area contributed by atoms with Gasteiger partial charge in [0.2, 0.25) is 5.91 Å². The Hall–Kier alpha value is -2.45. The zero-order valence-corrected chi connectivity index (χ0v) is 13.2. The number of rotatable bonds is 2. The molecule has 0 bridgehead atoms. The number of anilines is 1. The van der Waals surface area contributed by atoms with E-state index < -0.39 is 40.8 Å². The summed E-state index contributed by atoms with van der Waals surface area (Å²) in [7, 11) is 0. The van der Waals surface area contributed by atoms with Crippen LogP contribution in [0, 0.1) is 23.3 Å². The maximum Gasteiger partial charge on any atom is 0.270 e. The van der Waals surface area contributed by atoms with E-state index in [0.29, 0.717) is 13.1 Å². The Morgan fingerprint density at radius 2 is 1.56 bits per heavy atom. The summed E-state index contributed by atoms with van der Waals surface area (Å²) in [5.41, 5.74) is -1.31. The summed E-state index contributed by atoms with van der Waals surface area (Å²) in [6.07, 6.45) is 2.43. The van der Waals surface area contributed by atoms with Crippen molar-refractivity contribution in [3.8, 4) is 0 Å². The molecule has 1 aromatic carbocycles. The maximum absolute atomic E-state index is 13.9. The minimum absolute atomic E-state index is 0.00566. The Kier molecular flexibility index (Phi) is 4.73. The fraction of sp³-hybridized carbons (Fsp3) is 0.438. The summed E-state index contributed by atoms with van der Waals surface area (Å²) in [6, 6.07) is 0.0477. The second-order valence-corrected chi connectivity index (χ2v) is 5.92. The van der Waals surface area contributed by atoms with E-state index in [1.807, 2.05) is 0 Å². The third-order valence-corrected chi connectivity index (χ3v) is 4.22. The van der Waals surface area contributed by atoms with Crippen molar-refractivity contribution in [2.75, 3.05) is 18.1 Å². The number of nitrogens with zero attached hydrogens (tertiary/aromatic N) is 3. The van der Waals surface area contributed by atoms with Crippen molar-refractivity contribution in [3.05, 3.63) is 29.3 Å². The molecular weight excluding hydrogens is 342 g/mol. The average molecular weight is 357 g/mol. The Balaban J connectivity index is 1.98. The highest BCUT2D eigenvalue weighted by Crippen LogP contribution is 2.30. The molecule has 0 spiro atoms. The fourth-order valence-electron chi connectivity index (χ4n) is 2.91. The van der Waals surface area contributed by atoms with Gasteiger partial charge < -0.3 is 4.90 Å². The molecule has 1 saturated heterocycles. The van der Waals surface area contributed by atoms with Crippen molar-refractivity contribution >= 4 is 23.2 Å². The van der Waals surface area contributed by atoms with Gasteiger partial charge in [0, 0.05) is 32.0 Å². The number of carbonyl (C=O) groups excluding carboxylic acids is 2. The Morgan fingerprint density at radius 3 is 2.16 bits per heavy atom. The molecule has 0 aliphatic carbocycles. The molecule has 0 N–H and O–H groups in total. The number of piperidine rings is 1. The number of hydrogen-bond donors (Lipinski definition) is 0. The van der Waals surface area contributed by atoms with Gasteiger partial charge >= 0.3 is 0 Å². The predicted octanol–water partition coefficient (Wildman–Crippen LogP) is 2.74. The Labute approximate surface area is 140 Å². The SMILES string of the molecule is O=C(C1=NN(c2c(F)c(F)cc(F)c2F)C(=O)CC1)N1CCCCC1. The quantitative estimate of drug-likeness (QED) is 0.604. The molecule has 0 radical (unpaired) electrons. The normalized spacial score (nSPS) is 18.4. The van der Waals surface area contributed by atoms with Crippen LogP contribution in [0.3, 0.4) is 0 Å². The third kappa shape index (κ3) is 3.22. The standard InChI is InChI=1S/C16H15F4N3O2/c17-9-8-10(18)14(20)15(13(9)19)23-12(24)5-4-11(21-23)16(25)22-6-2-1-3-7-22/h8H,1-7H2. The molecule has 1 fully saturated rings. The Bertz CT molecular complexity index is 734. The summed E-state index contributed by atoms with van der Waals surface area (Å²) in [4.78, 5) is 26.0. The molecule has 3 rings (SSSR count). The van der Waals surface area contributed by atoms with Crippen LogP contribution in [0.4, 0.5) is 23.2 Å². The highest BCUT2D eigenvalue weighted by molar-refractivity contribution is 6.40. The monoisotopic (exact) mass is 357 g/mol. The van der Waals surface area contributed by atoms with Crippen molar-refractivity contribution in [3.63, 3.8) is 0 Å². The lowest BCUT2D eigenvalue weighted by Crippen LogP contribution is -2.44. The van der Waals surface area contributed by atoms with Gasteiger partial charge in [-0.25, -0.2) is 17.6 Å². The smallest absolute Gasteiger partial charge is 0.270 e. The van der Waals surface area contributed by atoms with Gasteiger partial charge in [-0.1, -0.05) is 0 Å². The molecule has 2 aliphatic heterocycles. The van der Waals surface area contributed by atoms with E-state index in [0.717, 1.165) is 19.3 Å². The van der Waals surface area contributed by atoms with Gasteiger partial charge in [0.1, 0.15) is 11.4 Å². The van der Waals surface area contributed by atoms with Crippen LogP contribution < -0.4 is 5.01 Å². The molecule has 134 valence electrons. The number of carbonyl (C=O) groups is 2. The average Bonchev–Trinajstić information content (AvgIpc) is 2.62. The number of hydrazone groups is 1. The topological polar surface area (TPSA) is 53.0 Å². The van der Waals surface area contributed by atoms with Crippen LogP contribution >= 0.6 is 0 Å². The van der Waals surface area contributed by atoms with Gasteiger partial charge in [-0.3, -0.25) is 9.59 Å². The molecule has 2 heterocycles. The zero-order chi connectivity index (χ0) is 18.1. The van der Waals surface area contributed by atoms with Crippen LogP contribution in [0.15, 0.2) is 11.2 Å². The summed E-state index contributed by atoms with van der Waals surface area (Å²) in [5, 5.41) is 3.96. The predicted molar refractivity (Wildman–Crippen MR) is 80.9 cm³/mol. The molecule has 9 heteroatoms. The summed E-state index contributed by atoms with van der Waals surface area (Å²) in [5.74, 6) is -8.05. The van der Waals surface area contributed by atoms with Crippen molar-refractivity contribution < 1.29 is 27.2 Å². The van der Waals surface area contributed by atoms with Gasteiger partial charge in [0.25, 0.3) is 5.91 Å². The lowest BCUT2D eigenvalue weighted by Gasteiger charge is -2.29. The van der Waals surface area contributed by atoms with Crippen LogP contribution in [0.1, 0.15) is 32.1 Å². The summed E-state index contributed by atoms with van der Waals surface area (Å²) < 4.78 is 54.7. The van der Waals surface area contributed by atoms with Crippen molar-refractivity contribution in [1.29, 1.82) is 0 Å². The van der Waals surface area contributed by atoms with Crippen molar-refractivity contribution in [2.24, 2.45) is 5.10 Å². The van der Waals surface area contributed by atoms with E-state index in [9.17, 15) is 27.2 Å². The first-order valence-electron chi connectivity index (χ1n) is 7.93. The molecule has 1 aromatic rings. The highest BCUT2D eigenvalue weighted by Gasteiger charge is 2.33. The molecule has 0 aromatic heterocycles. The second kappa shape index (κ2) is 6.81. The zero-order valence-electron chi connectivity index (χ0n) is 13.2. The summed E-state index contributed by atoms with van der Waals surface area (Å²) >= 11 is 0. The molecule has 2 aliphatic rings. The first-order chi connectivity index (χ1) is 11.9. The number of halogens is 4. The second-order valence-electron chi connectivity index (χ2n) is 5.92. The molecule has 2 amide bonds. The van der Waals surface area contributed by atoms with E-state index in [1.165, 1.54) is 0 Å². The number of hydrogen-bond acceptors (Lipinski definition) is 3. The number of likely N-dealkylation sites (tertiary alicyclic amines) is 1. The van der Waals surface area contributed by atoms with Crippen LogP contribution in [0.2, 0.25) is 0 Å². The molecule has 0 saturated carbocycles. The molecule has 0 atom stereocenters. The molecule has 0 unspecified atom stereocenters. The van der Waals surface area contributed by atoms with E-state index >= 15 is 0 Å². The minimum atomic E-state index is -1.73. The molecule has 5 nitrogen and oxygen atoms in total. The molecule has 25 heavy (non-hydrogen) atoms. The van der Waals surface area contributed by atoms with E-state index in [-0.39, 0.29) is 29.6 Å². The van der Waals surface area contributed by atoms with Crippen molar-refractivity contribution in [1.82, 2.24) is 4.90 Å². The largest absolute Gasteiger partial charge is 0.338 e. The Morgan fingerprint density at radius 1 is 0.960 bits per heavy atom.